The van der Waals surface area contributed by atoms with Gasteiger partial charge in [0.1, 0.15) is 0 Å². The smallest absolute Gasteiger partial charge is 0.253 e. The summed E-state index contributed by atoms with van der Waals surface area (Å²) in [6.45, 7) is 4.07. The monoisotopic (exact) mass is 292 g/mol. The molecule has 1 saturated heterocycles. The first kappa shape index (κ1) is 13.5. The maximum atomic E-state index is 12.3. The van der Waals surface area contributed by atoms with Crippen molar-refractivity contribution in [3.05, 3.63) is 35.0 Å². The van der Waals surface area contributed by atoms with Crippen molar-refractivity contribution >= 4 is 28.4 Å². The summed E-state index contributed by atoms with van der Waals surface area (Å²) in [5, 5.41) is 4.36. The quantitative estimate of drug-likeness (QED) is 0.941. The maximum Gasteiger partial charge on any atom is 0.253 e. The van der Waals surface area contributed by atoms with Crippen LogP contribution in [-0.4, -0.2) is 30.2 Å². The van der Waals surface area contributed by atoms with Gasteiger partial charge in [-0.05, 0) is 18.6 Å². The van der Waals surface area contributed by atoms with E-state index >= 15 is 0 Å². The lowest BCUT2D eigenvalue weighted by Crippen LogP contribution is -2.30. The summed E-state index contributed by atoms with van der Waals surface area (Å²) in [4.78, 5) is 12.3. The molecule has 0 bridgehead atoms. The Hall–Kier alpha value is -1.52. The second-order valence-electron chi connectivity index (χ2n) is 5.03. The first-order valence-corrected chi connectivity index (χ1v) is 7.25. The molecule has 0 aliphatic carbocycles. The highest BCUT2D eigenvalue weighted by Crippen LogP contribution is 2.32. The lowest BCUT2D eigenvalue weighted by Gasteiger charge is -2.28. The molecule has 1 aliphatic rings. The molecule has 1 fully saturated rings. The summed E-state index contributed by atoms with van der Waals surface area (Å²) in [5.41, 5.74) is 1.64. The van der Waals surface area contributed by atoms with Gasteiger partial charge in [0.15, 0.2) is 0 Å². The van der Waals surface area contributed by atoms with E-state index in [-0.39, 0.29) is 5.91 Å². The van der Waals surface area contributed by atoms with Crippen LogP contribution in [0.4, 0.5) is 0 Å². The number of nitrogens with zero attached hydrogens (tertiary/aromatic N) is 1. The van der Waals surface area contributed by atoms with Crippen molar-refractivity contribution in [2.45, 2.75) is 19.4 Å². The molecule has 106 valence electrons. The number of carbonyl (C=O) groups is 1. The summed E-state index contributed by atoms with van der Waals surface area (Å²) in [6, 6.07) is 6.02. The topological polar surface area (TPSA) is 43.3 Å². The second-order valence-corrected chi connectivity index (χ2v) is 5.44. The first-order chi connectivity index (χ1) is 9.72. The van der Waals surface area contributed by atoms with Gasteiger partial charge >= 0.3 is 0 Å². The zero-order valence-corrected chi connectivity index (χ0v) is 12.1. The Labute approximate surface area is 122 Å². The van der Waals surface area contributed by atoms with Gasteiger partial charge in [-0.2, -0.15) is 0 Å². The Morgan fingerprint density at radius 3 is 2.95 bits per heavy atom. The van der Waals surface area contributed by atoms with E-state index in [1.165, 1.54) is 0 Å². The Bertz CT molecular complexity index is 647. The molecule has 3 rings (SSSR count). The average molecular weight is 293 g/mol. The molecule has 0 spiro atoms. The number of carbonyl (C=O) groups excluding carboxylic acids is 1. The molecule has 5 heteroatoms. The minimum Gasteiger partial charge on any atom is -0.377 e. The Balaban J connectivity index is 2.08. The molecule has 1 aromatic carbocycles. The number of nitrogens with one attached hydrogen (secondary N) is 1. The van der Waals surface area contributed by atoms with E-state index in [2.05, 4.69) is 9.88 Å². The van der Waals surface area contributed by atoms with Crippen molar-refractivity contribution in [3.8, 4) is 0 Å². The number of benzene rings is 1. The van der Waals surface area contributed by atoms with E-state index in [1.54, 1.807) is 0 Å². The normalized spacial score (nSPS) is 15.3. The van der Waals surface area contributed by atoms with Crippen LogP contribution >= 0.6 is 11.6 Å². The van der Waals surface area contributed by atoms with Crippen LogP contribution in [0.5, 0.6) is 0 Å². The molecule has 4 nitrogen and oxygen atoms in total. The lowest BCUT2D eigenvalue weighted by molar-refractivity contribution is -0.0214. The molecule has 0 atom stereocenters. The van der Waals surface area contributed by atoms with Gasteiger partial charge in [-0.3, -0.25) is 4.79 Å². The molecule has 1 aromatic heterocycles. The SMILES string of the molecule is CCCNC(=O)c1cn(C2COC2)c2cccc(Cl)c12. The number of hydrogen-bond donors (Lipinski definition) is 1. The summed E-state index contributed by atoms with van der Waals surface area (Å²) < 4.78 is 7.35. The highest BCUT2D eigenvalue weighted by atomic mass is 35.5. The Kier molecular flexibility index (Phi) is 3.68. The molecular formula is C15H17ClN2O2. The van der Waals surface area contributed by atoms with Crippen LogP contribution in [0.2, 0.25) is 5.02 Å². The number of hydrogen-bond acceptors (Lipinski definition) is 2. The predicted octanol–water partition coefficient (Wildman–Crippen LogP) is 3.01. The van der Waals surface area contributed by atoms with E-state index in [1.807, 2.05) is 31.3 Å². The van der Waals surface area contributed by atoms with Gasteiger partial charge < -0.3 is 14.6 Å². The minimum atomic E-state index is -0.0658. The number of fused-ring (bicyclic) bond motifs is 1. The zero-order chi connectivity index (χ0) is 14.1. The second kappa shape index (κ2) is 5.46. The summed E-state index contributed by atoms with van der Waals surface area (Å²) in [6.07, 6.45) is 2.81. The highest BCUT2D eigenvalue weighted by Gasteiger charge is 2.25. The van der Waals surface area contributed by atoms with Gasteiger partial charge in [0.05, 0.1) is 35.4 Å². The van der Waals surface area contributed by atoms with Gasteiger partial charge in [0, 0.05) is 18.1 Å². The van der Waals surface area contributed by atoms with E-state index in [4.69, 9.17) is 16.3 Å². The van der Waals surface area contributed by atoms with Crippen LogP contribution in [0.3, 0.4) is 0 Å². The molecule has 1 aliphatic heterocycles. The maximum absolute atomic E-state index is 12.3. The summed E-state index contributed by atoms with van der Waals surface area (Å²) >= 11 is 6.29. The molecule has 20 heavy (non-hydrogen) atoms. The number of aromatic nitrogens is 1. The van der Waals surface area contributed by atoms with Crippen LogP contribution in [0.15, 0.2) is 24.4 Å². The van der Waals surface area contributed by atoms with Gasteiger partial charge in [0.2, 0.25) is 0 Å². The van der Waals surface area contributed by atoms with E-state index < -0.39 is 0 Å². The minimum absolute atomic E-state index is 0.0658. The molecule has 0 unspecified atom stereocenters. The lowest BCUT2D eigenvalue weighted by atomic mass is 10.1. The summed E-state index contributed by atoms with van der Waals surface area (Å²) in [7, 11) is 0. The number of ether oxygens (including phenoxy) is 1. The van der Waals surface area contributed by atoms with E-state index in [9.17, 15) is 4.79 Å². The first-order valence-electron chi connectivity index (χ1n) is 6.87. The highest BCUT2D eigenvalue weighted by molar-refractivity contribution is 6.36. The fourth-order valence-electron chi connectivity index (χ4n) is 2.46. The van der Waals surface area contributed by atoms with Gasteiger partial charge in [0.25, 0.3) is 5.91 Å². The standard InChI is InChI=1S/C15H17ClN2O2/c1-2-6-17-15(19)11-7-18(10-8-20-9-10)13-5-3-4-12(16)14(11)13/h3-5,7,10H,2,6,8-9H2,1H3,(H,17,19). The van der Waals surface area contributed by atoms with Crippen LogP contribution < -0.4 is 5.32 Å². The van der Waals surface area contributed by atoms with Gasteiger partial charge in [-0.15, -0.1) is 0 Å². The Morgan fingerprint density at radius 1 is 1.50 bits per heavy atom. The fourth-order valence-corrected chi connectivity index (χ4v) is 2.73. The molecule has 0 saturated carbocycles. The van der Waals surface area contributed by atoms with Crippen LogP contribution in [0.1, 0.15) is 29.7 Å². The van der Waals surface area contributed by atoms with Crippen LogP contribution in [0.25, 0.3) is 10.9 Å². The van der Waals surface area contributed by atoms with Crippen LogP contribution in [-0.2, 0) is 4.74 Å². The molecule has 2 aromatic rings. The average Bonchev–Trinajstić information content (AvgIpc) is 2.75. The Morgan fingerprint density at radius 2 is 2.30 bits per heavy atom. The fraction of sp³-hybridized carbons (Fsp3) is 0.400. The number of rotatable bonds is 4. The van der Waals surface area contributed by atoms with Crippen molar-refractivity contribution in [1.29, 1.82) is 0 Å². The van der Waals surface area contributed by atoms with E-state index in [0.29, 0.717) is 36.4 Å². The molecule has 2 heterocycles. The zero-order valence-electron chi connectivity index (χ0n) is 11.4. The molecule has 1 N–H and O–H groups in total. The van der Waals surface area contributed by atoms with Crippen molar-refractivity contribution in [1.82, 2.24) is 9.88 Å². The molecule has 0 radical (unpaired) electrons. The third kappa shape index (κ3) is 2.19. The van der Waals surface area contributed by atoms with Crippen molar-refractivity contribution in [2.24, 2.45) is 0 Å². The van der Waals surface area contributed by atoms with Gasteiger partial charge in [-0.1, -0.05) is 24.6 Å². The van der Waals surface area contributed by atoms with Crippen molar-refractivity contribution < 1.29 is 9.53 Å². The predicted molar refractivity (Wildman–Crippen MR) is 79.4 cm³/mol. The van der Waals surface area contributed by atoms with Crippen LogP contribution in [0, 0.1) is 0 Å². The third-order valence-electron chi connectivity index (χ3n) is 3.60. The molecule has 1 amide bonds. The molecular weight excluding hydrogens is 276 g/mol. The number of amides is 1. The van der Waals surface area contributed by atoms with Crippen molar-refractivity contribution in [2.75, 3.05) is 19.8 Å². The largest absolute Gasteiger partial charge is 0.377 e. The summed E-state index contributed by atoms with van der Waals surface area (Å²) in [5.74, 6) is -0.0658. The number of halogens is 1. The van der Waals surface area contributed by atoms with E-state index in [0.717, 1.165) is 17.3 Å². The third-order valence-corrected chi connectivity index (χ3v) is 3.92. The van der Waals surface area contributed by atoms with Gasteiger partial charge in [-0.25, -0.2) is 0 Å². The van der Waals surface area contributed by atoms with Crippen molar-refractivity contribution in [3.63, 3.8) is 0 Å².